The Hall–Kier alpha value is -0.390. The monoisotopic (exact) mass is 181 g/mol. The molecule has 1 nitrogen and oxygen atoms in total. The summed E-state index contributed by atoms with van der Waals surface area (Å²) < 4.78 is 0. The van der Waals surface area contributed by atoms with Crippen molar-refractivity contribution in [1.29, 1.82) is 0 Å². The molecule has 2 heteroatoms. The van der Waals surface area contributed by atoms with Gasteiger partial charge in [-0.2, -0.15) is 0 Å². The second-order valence-electron chi connectivity index (χ2n) is 3.71. The smallest absolute Gasteiger partial charge is 0.0137 e. The summed E-state index contributed by atoms with van der Waals surface area (Å²) >= 11 is 0. The number of rotatable bonds is 3. The molecule has 0 aliphatic heterocycles. The summed E-state index contributed by atoms with van der Waals surface area (Å²) in [6, 6.07) is 10.5. The summed E-state index contributed by atoms with van der Waals surface area (Å²) in [4.78, 5) is 0. The number of hydrogen-bond donors (Lipinski definition) is 1. The van der Waals surface area contributed by atoms with Crippen molar-refractivity contribution in [1.82, 2.24) is 0 Å². The summed E-state index contributed by atoms with van der Waals surface area (Å²) in [5.74, 6) is 0. The Balaban J connectivity index is 2.44. The summed E-state index contributed by atoms with van der Waals surface area (Å²) in [6.07, 6.45) is 1.07. The van der Waals surface area contributed by atoms with Crippen LogP contribution in [-0.2, 0) is 0 Å². The van der Waals surface area contributed by atoms with Crippen LogP contribution >= 0.6 is 8.58 Å². The Bertz CT molecular complexity index is 225. The molecule has 2 N–H and O–H groups in total. The predicted octanol–water partition coefficient (Wildman–Crippen LogP) is 1.73. The van der Waals surface area contributed by atoms with Crippen LogP contribution in [-0.4, -0.2) is 11.7 Å². The van der Waals surface area contributed by atoms with E-state index in [-0.39, 0.29) is 5.54 Å². The van der Waals surface area contributed by atoms with Crippen molar-refractivity contribution in [3.63, 3.8) is 0 Å². The molecule has 12 heavy (non-hydrogen) atoms. The Morgan fingerprint density at radius 3 is 2.33 bits per heavy atom. The molecule has 0 aliphatic carbocycles. The highest BCUT2D eigenvalue weighted by molar-refractivity contribution is 7.47. The average molecular weight is 181 g/mol. The minimum atomic E-state index is -0.0334. The van der Waals surface area contributed by atoms with Crippen LogP contribution in [0, 0.1) is 0 Å². The first-order valence-corrected chi connectivity index (χ1v) is 5.36. The van der Waals surface area contributed by atoms with Crippen LogP contribution in [0.2, 0.25) is 0 Å². The van der Waals surface area contributed by atoms with Gasteiger partial charge in [0.15, 0.2) is 0 Å². The normalized spacial score (nSPS) is 12.6. The second kappa shape index (κ2) is 4.02. The molecule has 0 aliphatic rings. The van der Waals surface area contributed by atoms with Gasteiger partial charge in [-0.1, -0.05) is 38.9 Å². The molecule has 1 aromatic carbocycles. The molecule has 1 rings (SSSR count). The second-order valence-corrected chi connectivity index (χ2v) is 4.99. The molecular formula is C10H16NP. The van der Waals surface area contributed by atoms with Gasteiger partial charge in [0, 0.05) is 5.54 Å². The quantitative estimate of drug-likeness (QED) is 0.706. The van der Waals surface area contributed by atoms with E-state index < -0.39 is 0 Å². The molecule has 1 aromatic rings. The van der Waals surface area contributed by atoms with Crippen LogP contribution in [0.4, 0.5) is 0 Å². The fourth-order valence-electron chi connectivity index (χ4n) is 0.886. The highest BCUT2D eigenvalue weighted by Crippen LogP contribution is 2.15. The maximum atomic E-state index is 5.89. The standard InChI is InChI=1S/C10H16NP/c1-10(2,11)8-12-9-6-4-3-5-7-9/h3-7,12H,8,11H2,1-2H3. The zero-order chi connectivity index (χ0) is 9.03. The van der Waals surface area contributed by atoms with E-state index in [9.17, 15) is 0 Å². The fraction of sp³-hybridized carbons (Fsp3) is 0.400. The number of hydrogen-bond acceptors (Lipinski definition) is 1. The van der Waals surface area contributed by atoms with Crippen molar-refractivity contribution < 1.29 is 0 Å². The number of nitrogens with two attached hydrogens (primary N) is 1. The van der Waals surface area contributed by atoms with Crippen molar-refractivity contribution >= 4 is 13.9 Å². The van der Waals surface area contributed by atoms with Crippen LogP contribution in [0.3, 0.4) is 0 Å². The zero-order valence-electron chi connectivity index (χ0n) is 7.67. The van der Waals surface area contributed by atoms with E-state index in [1.807, 2.05) is 6.07 Å². The maximum absolute atomic E-state index is 5.89. The molecule has 1 atom stereocenters. The average Bonchev–Trinajstić information content (AvgIpc) is 2.02. The Morgan fingerprint density at radius 1 is 1.25 bits per heavy atom. The lowest BCUT2D eigenvalue weighted by Gasteiger charge is -2.17. The predicted molar refractivity (Wildman–Crippen MR) is 57.5 cm³/mol. The van der Waals surface area contributed by atoms with E-state index in [2.05, 4.69) is 38.1 Å². The first-order valence-electron chi connectivity index (χ1n) is 4.16. The molecule has 0 bridgehead atoms. The molecule has 0 saturated heterocycles. The Kier molecular flexibility index (Phi) is 3.25. The Morgan fingerprint density at radius 2 is 1.83 bits per heavy atom. The van der Waals surface area contributed by atoms with E-state index in [0.717, 1.165) is 14.7 Å². The molecule has 1 unspecified atom stereocenters. The van der Waals surface area contributed by atoms with E-state index in [1.54, 1.807) is 0 Å². The summed E-state index contributed by atoms with van der Waals surface area (Å²) in [6.45, 7) is 4.14. The van der Waals surface area contributed by atoms with E-state index in [4.69, 9.17) is 5.73 Å². The molecule has 0 aromatic heterocycles. The minimum Gasteiger partial charge on any atom is -0.325 e. The molecule has 66 valence electrons. The van der Waals surface area contributed by atoms with Gasteiger partial charge in [-0.25, -0.2) is 0 Å². The minimum absolute atomic E-state index is 0.0334. The van der Waals surface area contributed by atoms with Crippen LogP contribution in [0.1, 0.15) is 13.8 Å². The van der Waals surface area contributed by atoms with Crippen molar-refractivity contribution in [3.8, 4) is 0 Å². The molecule has 0 fully saturated rings. The van der Waals surface area contributed by atoms with Gasteiger partial charge in [-0.05, 0) is 25.3 Å². The van der Waals surface area contributed by atoms with Gasteiger partial charge in [-0.15, -0.1) is 0 Å². The molecule has 0 radical (unpaired) electrons. The lowest BCUT2D eigenvalue weighted by atomic mass is 10.1. The fourth-order valence-corrected chi connectivity index (χ4v) is 1.97. The summed E-state index contributed by atoms with van der Waals surface area (Å²) in [5, 5.41) is 1.40. The van der Waals surface area contributed by atoms with Crippen LogP contribution < -0.4 is 11.0 Å². The van der Waals surface area contributed by atoms with E-state index in [1.165, 1.54) is 5.30 Å². The van der Waals surface area contributed by atoms with Crippen LogP contribution in [0.5, 0.6) is 0 Å². The zero-order valence-corrected chi connectivity index (χ0v) is 8.67. The van der Waals surface area contributed by atoms with E-state index >= 15 is 0 Å². The third-order valence-electron chi connectivity index (χ3n) is 1.52. The van der Waals surface area contributed by atoms with E-state index in [0.29, 0.717) is 0 Å². The SMILES string of the molecule is CC(C)(N)CPc1ccccc1. The maximum Gasteiger partial charge on any atom is 0.0137 e. The number of benzene rings is 1. The van der Waals surface area contributed by atoms with Crippen molar-refractivity contribution in [2.75, 3.05) is 6.16 Å². The van der Waals surface area contributed by atoms with Crippen molar-refractivity contribution in [2.45, 2.75) is 19.4 Å². The van der Waals surface area contributed by atoms with Crippen molar-refractivity contribution in [2.24, 2.45) is 5.73 Å². The van der Waals surface area contributed by atoms with Crippen LogP contribution in [0.15, 0.2) is 30.3 Å². The summed E-state index contributed by atoms with van der Waals surface area (Å²) in [7, 11) is 0.831. The third-order valence-corrected chi connectivity index (χ3v) is 3.35. The first kappa shape index (κ1) is 9.70. The van der Waals surface area contributed by atoms with Crippen LogP contribution in [0.25, 0.3) is 0 Å². The highest BCUT2D eigenvalue weighted by Gasteiger charge is 2.09. The molecular weight excluding hydrogens is 165 g/mol. The topological polar surface area (TPSA) is 26.0 Å². The van der Waals surface area contributed by atoms with Gasteiger partial charge in [0.05, 0.1) is 0 Å². The van der Waals surface area contributed by atoms with Gasteiger partial charge >= 0.3 is 0 Å². The van der Waals surface area contributed by atoms with Gasteiger partial charge in [-0.3, -0.25) is 0 Å². The highest BCUT2D eigenvalue weighted by atomic mass is 31.1. The lowest BCUT2D eigenvalue weighted by molar-refractivity contribution is 0.590. The third kappa shape index (κ3) is 3.85. The molecule has 0 heterocycles. The Labute approximate surface area is 76.1 Å². The summed E-state index contributed by atoms with van der Waals surface area (Å²) in [5.41, 5.74) is 5.86. The molecule has 0 saturated carbocycles. The van der Waals surface area contributed by atoms with Gasteiger partial charge in [0.1, 0.15) is 0 Å². The lowest BCUT2D eigenvalue weighted by Crippen LogP contribution is -2.34. The largest absolute Gasteiger partial charge is 0.325 e. The van der Waals surface area contributed by atoms with Gasteiger partial charge in [0.25, 0.3) is 0 Å². The molecule has 0 amide bonds. The van der Waals surface area contributed by atoms with Gasteiger partial charge in [0.2, 0.25) is 0 Å². The van der Waals surface area contributed by atoms with Crippen molar-refractivity contribution in [3.05, 3.63) is 30.3 Å². The first-order chi connectivity index (χ1) is 5.58. The van der Waals surface area contributed by atoms with Gasteiger partial charge < -0.3 is 5.73 Å². The molecule has 0 spiro atoms.